The van der Waals surface area contributed by atoms with Crippen molar-refractivity contribution in [1.82, 2.24) is 0 Å². The van der Waals surface area contributed by atoms with E-state index >= 15 is 0 Å². The summed E-state index contributed by atoms with van der Waals surface area (Å²) in [6.07, 6.45) is 4.28. The number of rotatable bonds is 6. The molecule has 3 aromatic rings. The molecule has 5 heteroatoms. The monoisotopic (exact) mass is 508 g/mol. The second-order valence-electron chi connectivity index (χ2n) is 10.4. The van der Waals surface area contributed by atoms with Crippen LogP contribution in [0, 0.1) is 13.8 Å². The summed E-state index contributed by atoms with van der Waals surface area (Å²) in [6.45, 7) is 10.0. The predicted octanol–water partition coefficient (Wildman–Crippen LogP) is 6.65. The van der Waals surface area contributed by atoms with Gasteiger partial charge in [-0.05, 0) is 112 Å². The van der Waals surface area contributed by atoms with Gasteiger partial charge in [0.2, 0.25) is 0 Å². The molecule has 0 radical (unpaired) electrons. The minimum Gasteiger partial charge on any atom is -0.507 e. The van der Waals surface area contributed by atoms with Crippen LogP contribution in [0.15, 0.2) is 66.2 Å². The Kier molecular flexibility index (Phi) is 7.11. The van der Waals surface area contributed by atoms with E-state index in [9.17, 15) is 14.7 Å². The quantitative estimate of drug-likeness (QED) is 0.230. The first-order chi connectivity index (χ1) is 18.3. The summed E-state index contributed by atoms with van der Waals surface area (Å²) in [5.41, 5.74) is 7.91. The number of carbonyl (C=O) groups is 2. The van der Waals surface area contributed by atoms with Gasteiger partial charge >= 0.3 is 0 Å². The molecule has 0 bridgehead atoms. The lowest BCUT2D eigenvalue weighted by molar-refractivity contribution is -0.132. The Balaban J connectivity index is 1.67. The molecule has 5 rings (SSSR count). The van der Waals surface area contributed by atoms with Crippen LogP contribution in [-0.2, 0) is 22.4 Å². The number of aliphatic hydroxyl groups excluding tert-OH is 1. The molecular weight excluding hydrogens is 472 g/mol. The Hall–Kier alpha value is -3.86. The zero-order valence-electron chi connectivity index (χ0n) is 22.8. The van der Waals surface area contributed by atoms with Gasteiger partial charge in [-0.25, -0.2) is 0 Å². The summed E-state index contributed by atoms with van der Waals surface area (Å²) in [5, 5.41) is 11.6. The lowest BCUT2D eigenvalue weighted by atomic mass is 9.88. The molecule has 1 fully saturated rings. The molecule has 1 atom stereocenters. The Morgan fingerprint density at radius 2 is 1.55 bits per heavy atom. The number of Topliss-reactive ketones (excluding diaryl/α,β-unsaturated/α-hetero) is 1. The van der Waals surface area contributed by atoms with Crippen LogP contribution in [0.5, 0.6) is 0 Å². The Bertz CT molecular complexity index is 1420. The number of anilines is 2. The third-order valence-corrected chi connectivity index (χ3v) is 8.17. The van der Waals surface area contributed by atoms with Crippen molar-refractivity contribution in [2.45, 2.75) is 59.4 Å². The molecule has 2 aliphatic rings. The first-order valence-corrected chi connectivity index (χ1v) is 13.7. The molecule has 0 spiro atoms. The van der Waals surface area contributed by atoms with Gasteiger partial charge in [0.1, 0.15) is 5.76 Å². The van der Waals surface area contributed by atoms with Crippen molar-refractivity contribution < 1.29 is 14.7 Å². The number of aliphatic hydroxyl groups is 1. The number of hydrogen-bond acceptors (Lipinski definition) is 4. The van der Waals surface area contributed by atoms with Crippen molar-refractivity contribution >= 4 is 28.8 Å². The number of fused-ring (bicyclic) bond motifs is 1. The molecule has 5 nitrogen and oxygen atoms in total. The third kappa shape index (κ3) is 4.51. The normalized spacial score (nSPS) is 18.5. The van der Waals surface area contributed by atoms with Crippen LogP contribution in [0.2, 0.25) is 0 Å². The molecular formula is C33H36N2O3. The molecule has 3 aromatic carbocycles. The van der Waals surface area contributed by atoms with E-state index in [-0.39, 0.29) is 11.3 Å². The average Bonchev–Trinajstić information content (AvgIpc) is 3.20. The van der Waals surface area contributed by atoms with Gasteiger partial charge in [-0.1, -0.05) is 30.3 Å². The van der Waals surface area contributed by atoms with Crippen LogP contribution in [0.1, 0.15) is 66.1 Å². The number of nitrogens with zero attached hydrogens (tertiary/aromatic N) is 2. The molecule has 1 aliphatic carbocycles. The fraction of sp³-hybridized carbons (Fsp3) is 0.333. The van der Waals surface area contributed by atoms with Gasteiger partial charge in [-0.2, -0.15) is 0 Å². The van der Waals surface area contributed by atoms with Crippen molar-refractivity contribution in [2.24, 2.45) is 0 Å². The summed E-state index contributed by atoms with van der Waals surface area (Å²) in [6, 6.07) is 19.0. The summed E-state index contributed by atoms with van der Waals surface area (Å²) >= 11 is 0. The standard InChI is InChI=1S/C33H36N2O3/c1-5-34(6-2)27-17-14-24(15-18-27)30-29(31(36)26-13-12-23-9-7-8-10-25(23)20-26)32(37)33(38)35(30)28-16-11-21(3)22(4)19-28/h11-20,30,36H,5-10H2,1-4H3/b31-29-. The topological polar surface area (TPSA) is 60.9 Å². The van der Waals surface area contributed by atoms with Crippen molar-refractivity contribution in [3.8, 4) is 0 Å². The summed E-state index contributed by atoms with van der Waals surface area (Å²) in [4.78, 5) is 30.9. The van der Waals surface area contributed by atoms with E-state index in [1.807, 2.05) is 68.4 Å². The van der Waals surface area contributed by atoms with E-state index in [1.165, 1.54) is 17.5 Å². The second-order valence-corrected chi connectivity index (χ2v) is 10.4. The highest BCUT2D eigenvalue weighted by atomic mass is 16.3. The van der Waals surface area contributed by atoms with E-state index in [4.69, 9.17) is 0 Å². The number of amides is 1. The SMILES string of the molecule is CCN(CC)c1ccc(C2/C(=C(/O)c3ccc4c(c3)CCCC4)C(=O)C(=O)N2c2ccc(C)c(C)c2)cc1. The van der Waals surface area contributed by atoms with Crippen molar-refractivity contribution in [2.75, 3.05) is 22.9 Å². The minimum atomic E-state index is -0.723. The highest BCUT2D eigenvalue weighted by Gasteiger charge is 2.47. The van der Waals surface area contributed by atoms with Crippen LogP contribution in [0.25, 0.3) is 5.76 Å². The van der Waals surface area contributed by atoms with Crippen LogP contribution in [0.4, 0.5) is 11.4 Å². The van der Waals surface area contributed by atoms with E-state index in [0.29, 0.717) is 11.3 Å². The van der Waals surface area contributed by atoms with E-state index < -0.39 is 17.7 Å². The number of carbonyl (C=O) groups excluding carboxylic acids is 2. The summed E-state index contributed by atoms with van der Waals surface area (Å²) in [7, 11) is 0. The maximum absolute atomic E-state index is 13.6. The predicted molar refractivity (Wildman–Crippen MR) is 154 cm³/mol. The highest BCUT2D eigenvalue weighted by Crippen LogP contribution is 2.43. The third-order valence-electron chi connectivity index (χ3n) is 8.17. The van der Waals surface area contributed by atoms with Gasteiger partial charge in [-0.15, -0.1) is 0 Å². The molecule has 38 heavy (non-hydrogen) atoms. The van der Waals surface area contributed by atoms with Gasteiger partial charge < -0.3 is 10.0 Å². The van der Waals surface area contributed by atoms with Gasteiger partial charge in [0.25, 0.3) is 11.7 Å². The summed E-state index contributed by atoms with van der Waals surface area (Å²) < 4.78 is 0. The molecule has 1 saturated heterocycles. The van der Waals surface area contributed by atoms with Gasteiger partial charge in [0.15, 0.2) is 0 Å². The maximum atomic E-state index is 13.6. The molecule has 1 aliphatic heterocycles. The molecule has 1 amide bonds. The maximum Gasteiger partial charge on any atom is 0.300 e. The Labute approximate surface area is 225 Å². The average molecular weight is 509 g/mol. The van der Waals surface area contributed by atoms with E-state index in [1.54, 1.807) is 4.90 Å². The second kappa shape index (κ2) is 10.5. The molecule has 1 N–H and O–H groups in total. The van der Waals surface area contributed by atoms with Crippen LogP contribution in [-0.4, -0.2) is 29.9 Å². The van der Waals surface area contributed by atoms with E-state index in [0.717, 1.165) is 54.7 Å². The number of aryl methyl sites for hydroxylation is 4. The highest BCUT2D eigenvalue weighted by molar-refractivity contribution is 6.51. The molecule has 1 unspecified atom stereocenters. The zero-order valence-corrected chi connectivity index (χ0v) is 22.8. The number of benzene rings is 3. The van der Waals surface area contributed by atoms with E-state index in [2.05, 4.69) is 24.8 Å². The van der Waals surface area contributed by atoms with Crippen molar-refractivity contribution in [3.63, 3.8) is 0 Å². The fourth-order valence-electron chi connectivity index (χ4n) is 5.78. The fourth-order valence-corrected chi connectivity index (χ4v) is 5.78. The van der Waals surface area contributed by atoms with Gasteiger partial charge in [0, 0.05) is 30.0 Å². The Morgan fingerprint density at radius 3 is 2.21 bits per heavy atom. The smallest absolute Gasteiger partial charge is 0.300 e. The van der Waals surface area contributed by atoms with Crippen LogP contribution < -0.4 is 9.80 Å². The number of ketones is 1. The number of hydrogen-bond donors (Lipinski definition) is 1. The lowest BCUT2D eigenvalue weighted by Crippen LogP contribution is -2.29. The van der Waals surface area contributed by atoms with Crippen LogP contribution >= 0.6 is 0 Å². The van der Waals surface area contributed by atoms with Gasteiger partial charge in [-0.3, -0.25) is 14.5 Å². The lowest BCUT2D eigenvalue weighted by Gasteiger charge is -2.27. The van der Waals surface area contributed by atoms with Crippen LogP contribution in [0.3, 0.4) is 0 Å². The minimum absolute atomic E-state index is 0.110. The molecule has 0 saturated carbocycles. The van der Waals surface area contributed by atoms with Crippen molar-refractivity contribution in [1.29, 1.82) is 0 Å². The molecule has 0 aromatic heterocycles. The Morgan fingerprint density at radius 1 is 0.868 bits per heavy atom. The molecule has 196 valence electrons. The van der Waals surface area contributed by atoms with Crippen molar-refractivity contribution in [3.05, 3.63) is 99.6 Å². The first-order valence-electron chi connectivity index (χ1n) is 13.7. The van der Waals surface area contributed by atoms with Gasteiger partial charge in [0.05, 0.1) is 11.6 Å². The summed E-state index contributed by atoms with van der Waals surface area (Å²) in [5.74, 6) is -1.39. The largest absolute Gasteiger partial charge is 0.507 e. The first kappa shape index (κ1) is 25.8. The molecule has 1 heterocycles. The zero-order chi connectivity index (χ0) is 27.0.